The van der Waals surface area contributed by atoms with Crippen LogP contribution in [0.15, 0.2) is 53.4 Å². The number of hydrogen-bond donors (Lipinski definition) is 1. The number of thiocarbonyl (C=S) groups is 1. The number of carbonyl (C=O) groups is 1. The van der Waals surface area contributed by atoms with Crippen LogP contribution >= 0.6 is 35.6 Å². The minimum absolute atomic E-state index is 0.0848. The molecule has 1 saturated heterocycles. The van der Waals surface area contributed by atoms with E-state index in [1.54, 1.807) is 30.3 Å². The maximum Gasteiger partial charge on any atom is 0.270 e. The summed E-state index contributed by atoms with van der Waals surface area (Å²) in [6.07, 6.45) is 1.73. The monoisotopic (exact) mass is 347 g/mol. The van der Waals surface area contributed by atoms with Gasteiger partial charge in [0.1, 0.15) is 5.75 Å². The average molecular weight is 348 g/mol. The number of carbonyl (C=O) groups excluding carboxylic acids is 1. The Kier molecular flexibility index (Phi) is 4.20. The van der Waals surface area contributed by atoms with E-state index in [-0.39, 0.29) is 11.7 Å². The molecule has 0 aliphatic carbocycles. The summed E-state index contributed by atoms with van der Waals surface area (Å²) in [5.41, 5.74) is 1.31. The van der Waals surface area contributed by atoms with E-state index in [2.05, 4.69) is 0 Å². The number of rotatable bonds is 2. The molecule has 0 radical (unpaired) electrons. The lowest BCUT2D eigenvalue weighted by molar-refractivity contribution is -0.113. The van der Waals surface area contributed by atoms with Crippen LogP contribution in [-0.4, -0.2) is 15.3 Å². The summed E-state index contributed by atoms with van der Waals surface area (Å²) in [5.74, 6) is -0.137. The van der Waals surface area contributed by atoms with Crippen molar-refractivity contribution in [1.82, 2.24) is 0 Å². The van der Waals surface area contributed by atoms with Crippen molar-refractivity contribution in [1.29, 1.82) is 0 Å². The molecule has 3 nitrogen and oxygen atoms in total. The van der Waals surface area contributed by atoms with Crippen molar-refractivity contribution < 1.29 is 9.90 Å². The van der Waals surface area contributed by atoms with Gasteiger partial charge in [0.25, 0.3) is 5.91 Å². The predicted octanol–water partition coefficient (Wildman–Crippen LogP) is 4.45. The third kappa shape index (κ3) is 2.88. The molecule has 3 rings (SSSR count). The van der Waals surface area contributed by atoms with Gasteiger partial charge in [-0.2, -0.15) is 0 Å². The Bertz CT molecular complexity index is 804. The number of thioether (sulfide) groups is 1. The van der Waals surface area contributed by atoms with Crippen LogP contribution in [0.25, 0.3) is 6.08 Å². The Morgan fingerprint density at radius 1 is 1.18 bits per heavy atom. The molecule has 1 fully saturated rings. The zero-order valence-electron chi connectivity index (χ0n) is 11.2. The van der Waals surface area contributed by atoms with E-state index in [0.717, 1.165) is 5.56 Å². The molecule has 0 bridgehead atoms. The van der Waals surface area contributed by atoms with Crippen LogP contribution in [0.4, 0.5) is 5.69 Å². The van der Waals surface area contributed by atoms with Gasteiger partial charge < -0.3 is 5.11 Å². The van der Waals surface area contributed by atoms with E-state index in [1.165, 1.54) is 22.7 Å². The van der Waals surface area contributed by atoms with E-state index in [1.807, 2.05) is 18.2 Å². The van der Waals surface area contributed by atoms with Gasteiger partial charge in [-0.25, -0.2) is 0 Å². The lowest BCUT2D eigenvalue weighted by Gasteiger charge is -2.14. The van der Waals surface area contributed by atoms with Gasteiger partial charge in [-0.15, -0.1) is 0 Å². The molecule has 110 valence electrons. The van der Waals surface area contributed by atoms with Crippen molar-refractivity contribution in [3.05, 3.63) is 64.0 Å². The van der Waals surface area contributed by atoms with Crippen molar-refractivity contribution in [3.8, 4) is 5.75 Å². The van der Waals surface area contributed by atoms with Crippen LogP contribution in [0.2, 0.25) is 5.02 Å². The molecule has 1 aliphatic heterocycles. The summed E-state index contributed by atoms with van der Waals surface area (Å²) in [4.78, 5) is 14.5. The first kappa shape index (κ1) is 15.1. The van der Waals surface area contributed by atoms with Gasteiger partial charge >= 0.3 is 0 Å². The van der Waals surface area contributed by atoms with E-state index in [0.29, 0.717) is 19.9 Å². The number of amides is 1. The molecule has 1 amide bonds. The second-order valence-corrected chi connectivity index (χ2v) is 6.64. The number of anilines is 1. The van der Waals surface area contributed by atoms with E-state index in [4.69, 9.17) is 23.8 Å². The van der Waals surface area contributed by atoms with Crippen LogP contribution in [0.3, 0.4) is 0 Å². The second-order valence-electron chi connectivity index (χ2n) is 4.56. The van der Waals surface area contributed by atoms with Crippen LogP contribution in [0.1, 0.15) is 5.56 Å². The fourth-order valence-corrected chi connectivity index (χ4v) is 3.54. The molecule has 0 atom stereocenters. The summed E-state index contributed by atoms with van der Waals surface area (Å²) in [5, 5.41) is 10.1. The number of hydrogen-bond acceptors (Lipinski definition) is 4. The molecule has 0 aromatic heterocycles. The molecule has 1 aliphatic rings. The zero-order chi connectivity index (χ0) is 15.7. The van der Waals surface area contributed by atoms with Gasteiger partial charge in [0.2, 0.25) is 0 Å². The Morgan fingerprint density at radius 3 is 2.68 bits per heavy atom. The molecule has 0 saturated carbocycles. The van der Waals surface area contributed by atoms with Gasteiger partial charge in [0, 0.05) is 11.1 Å². The van der Waals surface area contributed by atoms with E-state index in [9.17, 15) is 9.90 Å². The topological polar surface area (TPSA) is 40.5 Å². The first-order valence-corrected chi connectivity index (χ1v) is 7.98. The number of nitrogens with zero attached hydrogens (tertiary/aromatic N) is 1. The molecule has 1 N–H and O–H groups in total. The number of halogens is 1. The highest BCUT2D eigenvalue weighted by atomic mass is 35.5. The Labute approximate surface area is 142 Å². The highest BCUT2D eigenvalue weighted by Gasteiger charge is 2.33. The smallest absolute Gasteiger partial charge is 0.270 e. The highest BCUT2D eigenvalue weighted by Crippen LogP contribution is 2.37. The largest absolute Gasteiger partial charge is 0.508 e. The predicted molar refractivity (Wildman–Crippen MR) is 95.2 cm³/mol. The maximum atomic E-state index is 12.6. The van der Waals surface area contributed by atoms with Crippen LogP contribution in [0, 0.1) is 0 Å². The summed E-state index contributed by atoms with van der Waals surface area (Å²) in [6, 6.07) is 13.7. The Morgan fingerprint density at radius 2 is 1.95 bits per heavy atom. The van der Waals surface area contributed by atoms with Gasteiger partial charge in [0.05, 0.1) is 10.6 Å². The van der Waals surface area contributed by atoms with E-state index >= 15 is 0 Å². The number of benzene rings is 2. The van der Waals surface area contributed by atoms with Crippen molar-refractivity contribution in [2.24, 2.45) is 0 Å². The molecule has 6 heteroatoms. The molecular formula is C16H10ClNO2S2. The zero-order valence-corrected chi connectivity index (χ0v) is 13.6. The van der Waals surface area contributed by atoms with Crippen LogP contribution in [-0.2, 0) is 4.79 Å². The third-order valence-electron chi connectivity index (χ3n) is 3.07. The Balaban J connectivity index is 1.97. The minimum atomic E-state index is -0.222. The third-order valence-corrected chi connectivity index (χ3v) is 4.72. The van der Waals surface area contributed by atoms with Crippen molar-refractivity contribution in [3.63, 3.8) is 0 Å². The first-order chi connectivity index (χ1) is 10.6. The summed E-state index contributed by atoms with van der Waals surface area (Å²) in [6.45, 7) is 0. The van der Waals surface area contributed by atoms with Gasteiger partial charge in [-0.1, -0.05) is 59.8 Å². The average Bonchev–Trinajstić information content (AvgIpc) is 2.76. The van der Waals surface area contributed by atoms with Crippen molar-refractivity contribution >= 4 is 57.6 Å². The van der Waals surface area contributed by atoms with E-state index < -0.39 is 0 Å². The molecule has 2 aromatic carbocycles. The minimum Gasteiger partial charge on any atom is -0.508 e. The molecule has 1 heterocycles. The number of phenolic OH excluding ortho intramolecular Hbond substituents is 1. The van der Waals surface area contributed by atoms with Gasteiger partial charge in [0.15, 0.2) is 4.32 Å². The fourth-order valence-electron chi connectivity index (χ4n) is 2.06. The normalized spacial score (nSPS) is 16.6. The SMILES string of the molecule is O=C1C(=Cc2ccccc2Cl)SC(=S)N1c1cccc(O)c1. The van der Waals surface area contributed by atoms with Crippen molar-refractivity contribution in [2.75, 3.05) is 4.90 Å². The van der Waals surface area contributed by atoms with Crippen LogP contribution < -0.4 is 4.90 Å². The molecule has 2 aromatic rings. The number of phenols is 1. The summed E-state index contributed by atoms with van der Waals surface area (Å²) < 4.78 is 0.425. The van der Waals surface area contributed by atoms with Gasteiger partial charge in [-0.05, 0) is 29.8 Å². The highest BCUT2D eigenvalue weighted by molar-refractivity contribution is 8.27. The Hall–Kier alpha value is -1.82. The molecule has 0 unspecified atom stereocenters. The lowest BCUT2D eigenvalue weighted by atomic mass is 10.2. The van der Waals surface area contributed by atoms with Gasteiger partial charge in [-0.3, -0.25) is 9.69 Å². The summed E-state index contributed by atoms with van der Waals surface area (Å²) >= 11 is 12.6. The summed E-state index contributed by atoms with van der Waals surface area (Å²) in [7, 11) is 0. The second kappa shape index (κ2) is 6.12. The van der Waals surface area contributed by atoms with Crippen molar-refractivity contribution in [2.45, 2.75) is 0 Å². The molecule has 22 heavy (non-hydrogen) atoms. The molecule has 0 spiro atoms. The lowest BCUT2D eigenvalue weighted by Crippen LogP contribution is -2.27. The fraction of sp³-hybridized carbons (Fsp3) is 0. The maximum absolute atomic E-state index is 12.6. The van der Waals surface area contributed by atoms with Crippen LogP contribution in [0.5, 0.6) is 5.75 Å². The number of aromatic hydroxyl groups is 1. The standard InChI is InChI=1S/C16H10ClNO2S2/c17-13-7-2-1-4-10(13)8-14-15(20)18(16(21)22-14)11-5-3-6-12(19)9-11/h1-9,19H. The first-order valence-electron chi connectivity index (χ1n) is 6.38. The molecular weight excluding hydrogens is 338 g/mol. The quantitative estimate of drug-likeness (QED) is 0.643.